The molecule has 1 rings (SSSR count). The van der Waals surface area contributed by atoms with Gasteiger partial charge in [-0.2, -0.15) is 0 Å². The van der Waals surface area contributed by atoms with Crippen LogP contribution in [0.1, 0.15) is 12.5 Å². The number of thiocarbonyl (C=S) groups is 1. The third-order valence-electron chi connectivity index (χ3n) is 2.06. The Kier molecular flexibility index (Phi) is 5.38. The SMILES string of the molecule is CCOC(=O)COc1cc(OC)cc(C(N)=S)c1. The van der Waals surface area contributed by atoms with E-state index in [4.69, 9.17) is 32.2 Å². The van der Waals surface area contributed by atoms with Crippen molar-refractivity contribution in [3.05, 3.63) is 23.8 Å². The van der Waals surface area contributed by atoms with E-state index in [2.05, 4.69) is 0 Å². The molecule has 0 heterocycles. The Labute approximate surface area is 111 Å². The van der Waals surface area contributed by atoms with Crippen LogP contribution in [0.25, 0.3) is 0 Å². The van der Waals surface area contributed by atoms with Crippen molar-refractivity contribution in [1.82, 2.24) is 0 Å². The van der Waals surface area contributed by atoms with E-state index >= 15 is 0 Å². The number of carbonyl (C=O) groups is 1. The lowest BCUT2D eigenvalue weighted by Crippen LogP contribution is -2.15. The fraction of sp³-hybridized carbons (Fsp3) is 0.333. The molecular formula is C12H15NO4S. The summed E-state index contributed by atoms with van der Waals surface area (Å²) < 4.78 is 15.1. The smallest absolute Gasteiger partial charge is 0.344 e. The van der Waals surface area contributed by atoms with Gasteiger partial charge in [0.05, 0.1) is 13.7 Å². The summed E-state index contributed by atoms with van der Waals surface area (Å²) in [7, 11) is 1.52. The summed E-state index contributed by atoms with van der Waals surface area (Å²) in [5.74, 6) is 0.571. The zero-order valence-electron chi connectivity index (χ0n) is 10.3. The van der Waals surface area contributed by atoms with Gasteiger partial charge in [-0.15, -0.1) is 0 Å². The van der Waals surface area contributed by atoms with Crippen LogP contribution >= 0.6 is 12.2 Å². The average Bonchev–Trinajstić information content (AvgIpc) is 2.36. The molecule has 0 spiro atoms. The molecule has 0 aliphatic rings. The second-order valence-corrected chi connectivity index (χ2v) is 3.79. The lowest BCUT2D eigenvalue weighted by Gasteiger charge is -2.09. The summed E-state index contributed by atoms with van der Waals surface area (Å²) in [5, 5.41) is 0. The number of hydrogen-bond donors (Lipinski definition) is 1. The van der Waals surface area contributed by atoms with Gasteiger partial charge in [0.2, 0.25) is 0 Å². The van der Waals surface area contributed by atoms with Crippen LogP contribution < -0.4 is 15.2 Å². The molecule has 0 fully saturated rings. The molecule has 0 saturated heterocycles. The van der Waals surface area contributed by atoms with Gasteiger partial charge in [-0.05, 0) is 19.1 Å². The highest BCUT2D eigenvalue weighted by atomic mass is 32.1. The van der Waals surface area contributed by atoms with Gasteiger partial charge in [-0.1, -0.05) is 12.2 Å². The Morgan fingerprint density at radius 2 is 2.00 bits per heavy atom. The van der Waals surface area contributed by atoms with Crippen LogP contribution in [0.15, 0.2) is 18.2 Å². The quantitative estimate of drug-likeness (QED) is 0.619. The van der Waals surface area contributed by atoms with Crippen molar-refractivity contribution < 1.29 is 19.0 Å². The lowest BCUT2D eigenvalue weighted by atomic mass is 10.2. The van der Waals surface area contributed by atoms with E-state index < -0.39 is 5.97 Å². The largest absolute Gasteiger partial charge is 0.497 e. The molecule has 0 aliphatic carbocycles. The summed E-state index contributed by atoms with van der Waals surface area (Å²) >= 11 is 4.88. The van der Waals surface area contributed by atoms with Crippen LogP contribution in [0.5, 0.6) is 11.5 Å². The van der Waals surface area contributed by atoms with Crippen LogP contribution in [-0.4, -0.2) is 31.3 Å². The molecule has 0 unspecified atom stereocenters. The van der Waals surface area contributed by atoms with Gasteiger partial charge in [-0.3, -0.25) is 0 Å². The maximum atomic E-state index is 11.2. The van der Waals surface area contributed by atoms with Crippen molar-refractivity contribution in [1.29, 1.82) is 0 Å². The first-order chi connectivity index (χ1) is 8.56. The third kappa shape index (κ3) is 4.21. The van der Waals surface area contributed by atoms with Crippen molar-refractivity contribution in [2.45, 2.75) is 6.92 Å². The van der Waals surface area contributed by atoms with Gasteiger partial charge in [0.15, 0.2) is 6.61 Å². The number of nitrogens with two attached hydrogens (primary N) is 1. The molecule has 0 aliphatic heterocycles. The summed E-state index contributed by atoms with van der Waals surface area (Å²) in [6.07, 6.45) is 0. The first-order valence-corrected chi connectivity index (χ1v) is 5.75. The molecule has 98 valence electrons. The van der Waals surface area contributed by atoms with Crippen LogP contribution in [0.3, 0.4) is 0 Å². The van der Waals surface area contributed by atoms with Gasteiger partial charge in [0, 0.05) is 11.6 Å². The van der Waals surface area contributed by atoms with Gasteiger partial charge in [0.25, 0.3) is 0 Å². The standard InChI is InChI=1S/C12H15NO4S/c1-3-16-11(14)7-17-10-5-8(12(13)18)4-9(6-10)15-2/h4-6H,3,7H2,1-2H3,(H2,13,18). The molecule has 1 aromatic carbocycles. The number of rotatable bonds is 6. The van der Waals surface area contributed by atoms with Gasteiger partial charge < -0.3 is 19.9 Å². The predicted molar refractivity (Wildman–Crippen MR) is 71.0 cm³/mol. The van der Waals surface area contributed by atoms with Crippen molar-refractivity contribution >= 4 is 23.2 Å². The number of hydrogen-bond acceptors (Lipinski definition) is 5. The minimum atomic E-state index is -0.433. The van der Waals surface area contributed by atoms with E-state index in [-0.39, 0.29) is 11.6 Å². The third-order valence-corrected chi connectivity index (χ3v) is 2.30. The number of ether oxygens (including phenoxy) is 3. The van der Waals surface area contributed by atoms with Crippen LogP contribution in [-0.2, 0) is 9.53 Å². The van der Waals surface area contributed by atoms with Crippen LogP contribution in [0, 0.1) is 0 Å². The highest BCUT2D eigenvalue weighted by Crippen LogP contribution is 2.22. The number of carbonyl (C=O) groups excluding carboxylic acids is 1. The van der Waals surface area contributed by atoms with Gasteiger partial charge >= 0.3 is 5.97 Å². The van der Waals surface area contributed by atoms with Crippen molar-refractivity contribution in [2.24, 2.45) is 5.73 Å². The summed E-state index contributed by atoms with van der Waals surface area (Å²) in [4.78, 5) is 11.4. The van der Waals surface area contributed by atoms with Gasteiger partial charge in [-0.25, -0.2) is 4.79 Å². The molecule has 5 nitrogen and oxygen atoms in total. The number of benzene rings is 1. The molecule has 2 N–H and O–H groups in total. The van der Waals surface area contributed by atoms with Crippen LogP contribution in [0.4, 0.5) is 0 Å². The zero-order chi connectivity index (χ0) is 13.5. The van der Waals surface area contributed by atoms with E-state index in [1.54, 1.807) is 25.1 Å². The molecule has 0 radical (unpaired) electrons. The predicted octanol–water partition coefficient (Wildman–Crippen LogP) is 1.27. The van der Waals surface area contributed by atoms with Crippen LogP contribution in [0.2, 0.25) is 0 Å². The molecule has 0 saturated carbocycles. The first kappa shape index (κ1) is 14.2. The van der Waals surface area contributed by atoms with E-state index in [1.807, 2.05) is 0 Å². The Morgan fingerprint density at radius 1 is 1.33 bits per heavy atom. The van der Waals surface area contributed by atoms with E-state index in [0.29, 0.717) is 23.7 Å². The minimum absolute atomic E-state index is 0.169. The number of methoxy groups -OCH3 is 1. The summed E-state index contributed by atoms with van der Waals surface area (Å²) in [6.45, 7) is 1.88. The highest BCUT2D eigenvalue weighted by Gasteiger charge is 2.07. The van der Waals surface area contributed by atoms with E-state index in [9.17, 15) is 4.79 Å². The summed E-state index contributed by atoms with van der Waals surface area (Å²) in [6, 6.07) is 4.98. The molecular weight excluding hydrogens is 254 g/mol. The highest BCUT2D eigenvalue weighted by molar-refractivity contribution is 7.80. The number of esters is 1. The fourth-order valence-electron chi connectivity index (χ4n) is 1.26. The molecule has 0 atom stereocenters. The zero-order valence-corrected chi connectivity index (χ0v) is 11.1. The average molecular weight is 269 g/mol. The molecule has 0 bridgehead atoms. The maximum absolute atomic E-state index is 11.2. The molecule has 1 aromatic rings. The molecule has 6 heteroatoms. The van der Waals surface area contributed by atoms with Crippen molar-refractivity contribution in [2.75, 3.05) is 20.3 Å². The fourth-order valence-corrected chi connectivity index (χ4v) is 1.38. The maximum Gasteiger partial charge on any atom is 0.344 e. The Morgan fingerprint density at radius 3 is 2.56 bits per heavy atom. The Balaban J connectivity index is 2.78. The Hall–Kier alpha value is -1.82. The second kappa shape index (κ2) is 6.80. The van der Waals surface area contributed by atoms with Gasteiger partial charge in [0.1, 0.15) is 16.5 Å². The summed E-state index contributed by atoms with van der Waals surface area (Å²) in [5.41, 5.74) is 6.15. The van der Waals surface area contributed by atoms with E-state index in [0.717, 1.165) is 0 Å². The first-order valence-electron chi connectivity index (χ1n) is 5.34. The monoisotopic (exact) mass is 269 g/mol. The Bertz CT molecular complexity index is 448. The lowest BCUT2D eigenvalue weighted by molar-refractivity contribution is -0.145. The molecule has 0 amide bonds. The molecule has 0 aromatic heterocycles. The van der Waals surface area contributed by atoms with Crippen molar-refractivity contribution in [3.63, 3.8) is 0 Å². The second-order valence-electron chi connectivity index (χ2n) is 3.36. The minimum Gasteiger partial charge on any atom is -0.497 e. The normalized spacial score (nSPS) is 9.67. The van der Waals surface area contributed by atoms with Crippen molar-refractivity contribution in [3.8, 4) is 11.5 Å². The van der Waals surface area contributed by atoms with E-state index in [1.165, 1.54) is 7.11 Å². The molecule has 18 heavy (non-hydrogen) atoms. The topological polar surface area (TPSA) is 70.8 Å².